The van der Waals surface area contributed by atoms with Crippen LogP contribution in [0.4, 0.5) is 0 Å². The molecule has 1 N–H and O–H groups in total. The number of allylic oxidation sites excluding steroid dienone is 4. The number of rotatable bonds is 5. The van der Waals surface area contributed by atoms with Gasteiger partial charge in [0.25, 0.3) is 0 Å². The summed E-state index contributed by atoms with van der Waals surface area (Å²) in [5, 5.41) is 3.28. The molecule has 1 aliphatic carbocycles. The summed E-state index contributed by atoms with van der Waals surface area (Å²) in [6, 6.07) is 10.3. The van der Waals surface area contributed by atoms with E-state index in [2.05, 4.69) is 43.9 Å². The first kappa shape index (κ1) is 28.2. The highest BCUT2D eigenvalue weighted by molar-refractivity contribution is 7.85. The molecule has 27 heavy (non-hydrogen) atoms. The molecule has 0 atom stereocenters. The minimum Gasteiger partial charge on any atom is -0.391 e. The van der Waals surface area contributed by atoms with E-state index in [1.807, 2.05) is 64.2 Å². The zero-order chi connectivity index (χ0) is 21.1. The summed E-state index contributed by atoms with van der Waals surface area (Å²) in [7, 11) is 0. The molecule has 0 heterocycles. The minimum atomic E-state index is 0.407. The van der Waals surface area contributed by atoms with Crippen molar-refractivity contribution in [2.45, 2.75) is 60.8 Å². The Bertz CT molecular complexity index is 590. The molecule has 0 unspecified atom stereocenters. The lowest BCUT2D eigenvalue weighted by molar-refractivity contribution is 0.732. The van der Waals surface area contributed by atoms with E-state index in [4.69, 9.17) is 23.8 Å². The van der Waals surface area contributed by atoms with Gasteiger partial charge in [-0.3, -0.25) is 0 Å². The van der Waals surface area contributed by atoms with Crippen molar-refractivity contribution >= 4 is 40.8 Å². The Hall–Kier alpha value is -1.03. The van der Waals surface area contributed by atoms with Gasteiger partial charge in [0.05, 0.1) is 0 Å². The van der Waals surface area contributed by atoms with Crippen LogP contribution >= 0.6 is 36.4 Å². The number of halogens is 1. The highest BCUT2D eigenvalue weighted by Crippen LogP contribution is 2.26. The zero-order valence-electron chi connectivity index (χ0n) is 17.7. The smallest absolute Gasteiger partial charge is 0.110 e. The van der Waals surface area contributed by atoms with E-state index in [1.165, 1.54) is 24.0 Å². The summed E-state index contributed by atoms with van der Waals surface area (Å²) in [5.74, 6) is 0. The first-order valence-electron chi connectivity index (χ1n) is 9.79. The maximum atomic E-state index is 5.76. The summed E-state index contributed by atoms with van der Waals surface area (Å²) in [6.07, 6.45) is 9.18. The second-order valence-electron chi connectivity index (χ2n) is 5.30. The quantitative estimate of drug-likeness (QED) is 0.214. The van der Waals surface area contributed by atoms with Gasteiger partial charge in [0.2, 0.25) is 0 Å². The molecule has 4 heteroatoms. The number of nitrogens with one attached hydrogen (secondary N) is 1. The molecule has 0 saturated carbocycles. The van der Waals surface area contributed by atoms with Crippen molar-refractivity contribution < 1.29 is 0 Å². The summed E-state index contributed by atoms with van der Waals surface area (Å²) in [4.78, 5) is 0.935. The van der Waals surface area contributed by atoms with Crippen molar-refractivity contribution in [3.63, 3.8) is 0 Å². The van der Waals surface area contributed by atoms with Crippen molar-refractivity contribution in [1.82, 2.24) is 5.32 Å². The topological polar surface area (TPSA) is 12.0 Å². The van der Waals surface area contributed by atoms with Gasteiger partial charge in [-0.2, -0.15) is 0 Å². The van der Waals surface area contributed by atoms with Crippen LogP contribution in [0.25, 0.3) is 0 Å². The van der Waals surface area contributed by atoms with E-state index in [1.54, 1.807) is 0 Å². The average molecular weight is 426 g/mol. The van der Waals surface area contributed by atoms with Gasteiger partial charge < -0.3 is 5.32 Å². The first-order chi connectivity index (χ1) is 13.0. The molecule has 0 aliphatic heterocycles. The molecule has 0 spiro atoms. The second kappa shape index (κ2) is 19.7. The van der Waals surface area contributed by atoms with Crippen LogP contribution in [0.15, 0.2) is 64.7 Å². The Morgan fingerprint density at radius 1 is 1.19 bits per heavy atom. The predicted octanol–water partition coefficient (Wildman–Crippen LogP) is 8.02. The number of aryl methyl sites for hydroxylation is 1. The number of benzene rings is 1. The molecule has 1 aromatic carbocycles. The van der Waals surface area contributed by atoms with E-state index in [0.717, 1.165) is 23.4 Å². The van der Waals surface area contributed by atoms with Crippen molar-refractivity contribution in [3.05, 3.63) is 70.3 Å². The first-order valence-corrected chi connectivity index (χ1v) is 11.0. The Kier molecular flexibility index (Phi) is 20.6. The van der Waals surface area contributed by atoms with Gasteiger partial charge in [0, 0.05) is 23.2 Å². The highest BCUT2D eigenvalue weighted by Gasteiger charge is 2.09. The molecule has 1 nitrogen and oxygen atoms in total. The molecule has 152 valence electrons. The van der Waals surface area contributed by atoms with Crippen LogP contribution in [0.1, 0.15) is 59.4 Å². The summed E-state index contributed by atoms with van der Waals surface area (Å²) < 4.78 is 0.407. The zero-order valence-corrected chi connectivity index (χ0v) is 20.1. The fraction of sp³-hybridized carbons (Fsp3) is 0.435. The SMILES string of the molecule is CC.CC.CCCCN/C=C1\CC=C(C(=S)Cl)C=C1S.Cc1ccccc1. The summed E-state index contributed by atoms with van der Waals surface area (Å²) >= 11 is 15.1. The standard InChI is InChI=1S/C12H16ClNS2.C7H8.2C2H6/c1-2-3-6-14-8-10-5-4-9(12(13)16)7-11(10)15;1-7-5-3-2-4-6-7;2*1-2/h4,7-8,14-15H,2-3,5-6H2,1H3;2-6H,1H3;2*1-2H3/b10-8+;;;. The number of thiocarbonyl (C=S) groups is 1. The van der Waals surface area contributed by atoms with Crippen molar-refractivity contribution in [2.24, 2.45) is 0 Å². The fourth-order valence-electron chi connectivity index (χ4n) is 1.90. The van der Waals surface area contributed by atoms with Crippen LogP contribution in [0.3, 0.4) is 0 Å². The molecule has 0 fully saturated rings. The third-order valence-corrected chi connectivity index (χ3v) is 4.15. The molecule has 1 aliphatic rings. The van der Waals surface area contributed by atoms with Crippen molar-refractivity contribution in [3.8, 4) is 0 Å². The van der Waals surface area contributed by atoms with Crippen LogP contribution < -0.4 is 5.32 Å². The molecular weight excluding hydrogens is 390 g/mol. The lowest BCUT2D eigenvalue weighted by Crippen LogP contribution is -2.09. The third-order valence-electron chi connectivity index (χ3n) is 3.28. The van der Waals surface area contributed by atoms with Crippen molar-refractivity contribution in [2.75, 3.05) is 6.54 Å². The van der Waals surface area contributed by atoms with E-state index >= 15 is 0 Å². The molecule has 2 rings (SSSR count). The van der Waals surface area contributed by atoms with Crippen LogP contribution in [0.2, 0.25) is 0 Å². The Labute approximate surface area is 183 Å². The molecule has 0 bridgehead atoms. The lowest BCUT2D eigenvalue weighted by Gasteiger charge is -2.12. The van der Waals surface area contributed by atoms with E-state index in [-0.39, 0.29) is 0 Å². The maximum absolute atomic E-state index is 5.76. The van der Waals surface area contributed by atoms with E-state index < -0.39 is 0 Å². The molecule has 0 aromatic heterocycles. The van der Waals surface area contributed by atoms with Crippen LogP contribution in [-0.4, -0.2) is 10.9 Å². The van der Waals surface area contributed by atoms with E-state index in [0.29, 0.717) is 4.32 Å². The average Bonchev–Trinajstić information content (AvgIpc) is 2.70. The van der Waals surface area contributed by atoms with Gasteiger partial charge in [-0.15, -0.1) is 12.6 Å². The number of unbranched alkanes of at least 4 members (excludes halogenated alkanes) is 1. The Morgan fingerprint density at radius 3 is 2.19 bits per heavy atom. The number of hydrogen-bond acceptors (Lipinski definition) is 3. The number of hydrogen-bond donors (Lipinski definition) is 2. The van der Waals surface area contributed by atoms with E-state index in [9.17, 15) is 0 Å². The van der Waals surface area contributed by atoms with Crippen LogP contribution in [0.5, 0.6) is 0 Å². The molecule has 1 aromatic rings. The highest BCUT2D eigenvalue weighted by atomic mass is 35.5. The predicted molar refractivity (Wildman–Crippen MR) is 133 cm³/mol. The summed E-state index contributed by atoms with van der Waals surface area (Å²) in [5.41, 5.74) is 3.39. The lowest BCUT2D eigenvalue weighted by atomic mass is 10.0. The van der Waals surface area contributed by atoms with Gasteiger partial charge in [-0.05, 0) is 31.4 Å². The van der Waals surface area contributed by atoms with Crippen LogP contribution in [-0.2, 0) is 0 Å². The van der Waals surface area contributed by atoms with Gasteiger partial charge >= 0.3 is 0 Å². The minimum absolute atomic E-state index is 0.407. The third kappa shape index (κ3) is 14.7. The fourth-order valence-corrected chi connectivity index (χ4v) is 2.47. The molecule has 0 saturated heterocycles. The molecular formula is C23H36ClNS2. The van der Waals surface area contributed by atoms with Gasteiger partial charge in [-0.25, -0.2) is 0 Å². The summed E-state index contributed by atoms with van der Waals surface area (Å²) in [6.45, 7) is 13.3. The number of thiol groups is 1. The van der Waals surface area contributed by atoms with Crippen molar-refractivity contribution in [1.29, 1.82) is 0 Å². The maximum Gasteiger partial charge on any atom is 0.110 e. The van der Waals surface area contributed by atoms with Crippen LogP contribution in [0, 0.1) is 6.92 Å². The Balaban J connectivity index is 0. The Morgan fingerprint density at radius 2 is 1.78 bits per heavy atom. The van der Waals surface area contributed by atoms with Gasteiger partial charge in [-0.1, -0.05) is 107 Å². The second-order valence-corrected chi connectivity index (χ2v) is 6.79. The normalized spacial score (nSPS) is 13.4. The molecule has 0 radical (unpaired) electrons. The molecule has 0 amide bonds. The largest absolute Gasteiger partial charge is 0.391 e. The van der Waals surface area contributed by atoms with Gasteiger partial charge in [0.15, 0.2) is 0 Å². The van der Waals surface area contributed by atoms with Gasteiger partial charge in [0.1, 0.15) is 4.32 Å². The monoisotopic (exact) mass is 425 g/mol.